The van der Waals surface area contributed by atoms with E-state index in [2.05, 4.69) is 10.1 Å². The zero-order valence-electron chi connectivity index (χ0n) is 13.3. The first-order valence-electron chi connectivity index (χ1n) is 7.44. The van der Waals surface area contributed by atoms with Crippen LogP contribution in [0.15, 0.2) is 35.7 Å². The molecule has 0 atom stereocenters. The molecule has 1 aromatic carbocycles. The molecule has 25 heavy (non-hydrogen) atoms. The molecule has 0 unspecified atom stereocenters. The van der Waals surface area contributed by atoms with Crippen LogP contribution in [-0.4, -0.2) is 30.8 Å². The first kappa shape index (κ1) is 16.8. The van der Waals surface area contributed by atoms with E-state index in [-0.39, 0.29) is 24.7 Å². The molecular formula is C17H14N2O5S. The van der Waals surface area contributed by atoms with Crippen LogP contribution in [-0.2, 0) is 14.3 Å². The molecule has 1 saturated heterocycles. The maximum absolute atomic E-state index is 12.3. The number of nitrogens with one attached hydrogen (secondary N) is 1. The number of hydrogen-bond acceptors (Lipinski definition) is 6. The predicted molar refractivity (Wildman–Crippen MR) is 91.8 cm³/mol. The van der Waals surface area contributed by atoms with Gasteiger partial charge in [0.25, 0.3) is 5.91 Å². The number of benzene rings is 1. The number of thiophene rings is 1. The molecule has 0 saturated carbocycles. The Kier molecular flexibility index (Phi) is 4.62. The van der Waals surface area contributed by atoms with Gasteiger partial charge in [-0.05, 0) is 35.7 Å². The van der Waals surface area contributed by atoms with Crippen molar-refractivity contribution in [2.24, 2.45) is 0 Å². The highest BCUT2D eigenvalue weighted by molar-refractivity contribution is 7.12. The van der Waals surface area contributed by atoms with Crippen LogP contribution in [0.5, 0.6) is 0 Å². The molecule has 1 N–H and O–H groups in total. The molecular weight excluding hydrogens is 344 g/mol. The summed E-state index contributed by atoms with van der Waals surface area (Å²) in [6.07, 6.45) is 0.408. The molecule has 0 bridgehead atoms. The highest BCUT2D eigenvalue weighted by Gasteiger charge is 2.30. The molecule has 128 valence electrons. The monoisotopic (exact) mass is 358 g/mol. The van der Waals surface area contributed by atoms with E-state index < -0.39 is 11.9 Å². The lowest BCUT2D eigenvalue weighted by Crippen LogP contribution is -2.28. The quantitative estimate of drug-likeness (QED) is 0.669. The van der Waals surface area contributed by atoms with Crippen LogP contribution < -0.4 is 10.2 Å². The highest BCUT2D eigenvalue weighted by Crippen LogP contribution is 2.25. The van der Waals surface area contributed by atoms with E-state index in [1.807, 2.05) is 0 Å². The molecule has 3 rings (SSSR count). The number of ether oxygens (including phenoxy) is 1. The lowest BCUT2D eigenvalue weighted by molar-refractivity contribution is -0.121. The molecule has 1 aliphatic heterocycles. The maximum atomic E-state index is 12.3. The lowest BCUT2D eigenvalue weighted by atomic mass is 10.2. The molecule has 2 heterocycles. The fourth-order valence-electron chi connectivity index (χ4n) is 2.48. The first-order valence-corrected chi connectivity index (χ1v) is 8.32. The standard InChI is InChI=1S/C17H14N2O5S/c1-24-17(23)15-12(8-9-25-15)18-16(22)10-2-4-11(5-3-10)19-13(20)6-7-14(19)21/h2-5,8-9H,6-7H2,1H3,(H,18,22). The number of amides is 3. The van der Waals surface area contributed by atoms with Crippen molar-refractivity contribution < 1.29 is 23.9 Å². The van der Waals surface area contributed by atoms with Crippen LogP contribution in [0.3, 0.4) is 0 Å². The van der Waals surface area contributed by atoms with Crippen LogP contribution in [0.1, 0.15) is 32.9 Å². The van der Waals surface area contributed by atoms with Gasteiger partial charge in [0.1, 0.15) is 4.88 Å². The van der Waals surface area contributed by atoms with E-state index in [0.717, 1.165) is 4.90 Å². The largest absolute Gasteiger partial charge is 0.465 e. The van der Waals surface area contributed by atoms with Crippen LogP contribution in [0.4, 0.5) is 11.4 Å². The van der Waals surface area contributed by atoms with Gasteiger partial charge in [0.2, 0.25) is 11.8 Å². The van der Waals surface area contributed by atoms with E-state index in [1.165, 1.54) is 30.6 Å². The van der Waals surface area contributed by atoms with E-state index in [9.17, 15) is 19.2 Å². The molecule has 1 aliphatic rings. The third-order valence-electron chi connectivity index (χ3n) is 3.72. The fraction of sp³-hybridized carbons (Fsp3) is 0.176. The number of rotatable bonds is 4. The maximum Gasteiger partial charge on any atom is 0.350 e. The summed E-state index contributed by atoms with van der Waals surface area (Å²) in [7, 11) is 1.27. The first-order chi connectivity index (χ1) is 12.0. The topological polar surface area (TPSA) is 92.8 Å². The van der Waals surface area contributed by atoms with E-state index >= 15 is 0 Å². The van der Waals surface area contributed by atoms with Crippen LogP contribution in [0, 0.1) is 0 Å². The predicted octanol–water partition coefficient (Wildman–Crippen LogP) is 2.44. The number of carbonyl (C=O) groups excluding carboxylic acids is 4. The Morgan fingerprint density at radius 2 is 1.72 bits per heavy atom. The Balaban J connectivity index is 1.76. The van der Waals surface area contributed by atoms with Crippen molar-refractivity contribution in [3.05, 3.63) is 46.2 Å². The molecule has 7 nitrogen and oxygen atoms in total. The van der Waals surface area contributed by atoms with Crippen molar-refractivity contribution in [3.8, 4) is 0 Å². The van der Waals surface area contributed by atoms with Crippen molar-refractivity contribution in [2.75, 3.05) is 17.3 Å². The molecule has 0 radical (unpaired) electrons. The number of nitrogens with zero attached hydrogens (tertiary/aromatic N) is 1. The molecule has 2 aromatic rings. The number of esters is 1. The number of carbonyl (C=O) groups is 4. The summed E-state index contributed by atoms with van der Waals surface area (Å²) < 4.78 is 4.67. The number of hydrogen-bond donors (Lipinski definition) is 1. The molecule has 0 aliphatic carbocycles. The van der Waals surface area contributed by atoms with Gasteiger partial charge in [-0.3, -0.25) is 19.3 Å². The fourth-order valence-corrected chi connectivity index (χ4v) is 3.25. The van der Waals surface area contributed by atoms with Gasteiger partial charge in [-0.25, -0.2) is 4.79 Å². The van der Waals surface area contributed by atoms with Crippen LogP contribution >= 0.6 is 11.3 Å². The van der Waals surface area contributed by atoms with Gasteiger partial charge >= 0.3 is 5.97 Å². The summed E-state index contributed by atoms with van der Waals surface area (Å²) in [4.78, 5) is 48.8. The number of methoxy groups -OCH3 is 1. The van der Waals surface area contributed by atoms with E-state index in [4.69, 9.17) is 0 Å². The molecule has 8 heteroatoms. The second-order valence-electron chi connectivity index (χ2n) is 5.28. The zero-order chi connectivity index (χ0) is 18.0. The molecule has 1 aromatic heterocycles. The normalized spacial score (nSPS) is 13.9. The second-order valence-corrected chi connectivity index (χ2v) is 6.19. The Hall–Kier alpha value is -3.00. The minimum absolute atomic E-state index is 0.204. The average Bonchev–Trinajstić information content (AvgIpc) is 3.21. The van der Waals surface area contributed by atoms with Gasteiger partial charge in [0.15, 0.2) is 0 Å². The molecule has 0 spiro atoms. The van der Waals surface area contributed by atoms with Gasteiger partial charge < -0.3 is 10.1 Å². The summed E-state index contributed by atoms with van der Waals surface area (Å²) >= 11 is 1.17. The number of imide groups is 1. The van der Waals surface area contributed by atoms with Gasteiger partial charge in [-0.2, -0.15) is 0 Å². The van der Waals surface area contributed by atoms with Gasteiger partial charge in [0.05, 0.1) is 18.5 Å². The Morgan fingerprint density at radius 1 is 1.08 bits per heavy atom. The summed E-state index contributed by atoms with van der Waals surface area (Å²) in [5.41, 5.74) is 1.15. The molecule has 3 amide bonds. The highest BCUT2D eigenvalue weighted by atomic mass is 32.1. The van der Waals surface area contributed by atoms with Crippen molar-refractivity contribution in [1.29, 1.82) is 0 Å². The van der Waals surface area contributed by atoms with Crippen molar-refractivity contribution in [2.45, 2.75) is 12.8 Å². The third kappa shape index (κ3) is 3.29. The minimum Gasteiger partial charge on any atom is -0.465 e. The summed E-state index contributed by atoms with van der Waals surface area (Å²) in [5, 5.41) is 4.33. The Morgan fingerprint density at radius 3 is 2.32 bits per heavy atom. The summed E-state index contributed by atoms with van der Waals surface area (Å²) in [6.45, 7) is 0. The molecule has 1 fully saturated rings. The van der Waals surface area contributed by atoms with Crippen LogP contribution in [0.25, 0.3) is 0 Å². The van der Waals surface area contributed by atoms with Crippen molar-refractivity contribution in [1.82, 2.24) is 0 Å². The van der Waals surface area contributed by atoms with Crippen molar-refractivity contribution in [3.63, 3.8) is 0 Å². The van der Waals surface area contributed by atoms with Gasteiger partial charge in [0, 0.05) is 18.4 Å². The van der Waals surface area contributed by atoms with E-state index in [1.54, 1.807) is 23.6 Å². The SMILES string of the molecule is COC(=O)c1sccc1NC(=O)c1ccc(N2C(=O)CCC2=O)cc1. The van der Waals surface area contributed by atoms with Crippen molar-refractivity contribution >= 4 is 46.4 Å². The van der Waals surface area contributed by atoms with Gasteiger partial charge in [-0.1, -0.05) is 0 Å². The minimum atomic E-state index is -0.522. The third-order valence-corrected chi connectivity index (χ3v) is 4.62. The van der Waals surface area contributed by atoms with E-state index in [0.29, 0.717) is 21.8 Å². The Bertz CT molecular complexity index is 840. The van der Waals surface area contributed by atoms with Crippen LogP contribution in [0.2, 0.25) is 0 Å². The summed E-state index contributed by atoms with van der Waals surface area (Å²) in [6, 6.07) is 7.75. The number of anilines is 2. The zero-order valence-corrected chi connectivity index (χ0v) is 14.1. The van der Waals surface area contributed by atoms with Gasteiger partial charge in [-0.15, -0.1) is 11.3 Å². The lowest BCUT2D eigenvalue weighted by Gasteiger charge is -2.14. The average molecular weight is 358 g/mol. The Labute approximate surface area is 147 Å². The second kappa shape index (κ2) is 6.86. The smallest absolute Gasteiger partial charge is 0.350 e. The summed E-state index contributed by atoms with van der Waals surface area (Å²) in [5.74, 6) is -1.42.